The highest BCUT2D eigenvalue weighted by Crippen LogP contribution is 2.32. The zero-order chi connectivity index (χ0) is 17.5. The molecule has 0 spiro atoms. The Morgan fingerprint density at radius 2 is 2.00 bits per heavy atom. The minimum atomic E-state index is -0.217. The molecule has 0 saturated carbocycles. The molecule has 1 unspecified atom stereocenters. The third kappa shape index (κ3) is 4.76. The molecule has 1 atom stereocenters. The van der Waals surface area contributed by atoms with Crippen molar-refractivity contribution in [1.29, 1.82) is 0 Å². The van der Waals surface area contributed by atoms with Gasteiger partial charge in [0.05, 0.1) is 6.04 Å². The molecule has 7 nitrogen and oxygen atoms in total. The van der Waals surface area contributed by atoms with E-state index in [1.165, 1.54) is 0 Å². The van der Waals surface area contributed by atoms with Gasteiger partial charge in [-0.1, -0.05) is 12.1 Å². The lowest BCUT2D eigenvalue weighted by atomic mass is 10.1. The van der Waals surface area contributed by atoms with Gasteiger partial charge >= 0.3 is 6.03 Å². The topological polar surface area (TPSA) is 84.5 Å². The van der Waals surface area contributed by atoms with E-state index >= 15 is 0 Å². The lowest BCUT2D eigenvalue weighted by Gasteiger charge is -2.21. The van der Waals surface area contributed by atoms with Crippen molar-refractivity contribution >= 4 is 11.8 Å². The van der Waals surface area contributed by atoms with Crippen LogP contribution in [0.15, 0.2) is 42.6 Å². The quantitative estimate of drug-likeness (QED) is 0.702. The molecule has 1 aliphatic heterocycles. The van der Waals surface area contributed by atoms with Gasteiger partial charge in [0, 0.05) is 19.3 Å². The summed E-state index contributed by atoms with van der Waals surface area (Å²) in [5, 5.41) is 8.87. The van der Waals surface area contributed by atoms with Gasteiger partial charge in [-0.25, -0.2) is 9.78 Å². The maximum absolute atomic E-state index is 12.0. The molecule has 1 aromatic carbocycles. The molecular formula is C18H22N4O3. The van der Waals surface area contributed by atoms with Crippen LogP contribution in [0.1, 0.15) is 18.5 Å². The fraction of sp³-hybridized carbons (Fsp3) is 0.333. The van der Waals surface area contributed by atoms with E-state index in [1.807, 2.05) is 43.3 Å². The summed E-state index contributed by atoms with van der Waals surface area (Å²) in [6.45, 7) is 4.13. The number of anilines is 1. The van der Waals surface area contributed by atoms with E-state index in [4.69, 9.17) is 9.47 Å². The maximum Gasteiger partial charge on any atom is 0.315 e. The minimum Gasteiger partial charge on any atom is -0.486 e. The standard InChI is InChI=1S/C18H22N4O3/c1-13(14-5-6-15-16(12-14)25-11-10-24-15)22-18(23)21-9-8-20-17-4-2-3-7-19-17/h2-7,12-13H,8-11H2,1H3,(H,19,20)(H2,21,22,23). The Hall–Kier alpha value is -2.96. The monoisotopic (exact) mass is 342 g/mol. The first-order valence-corrected chi connectivity index (χ1v) is 8.31. The minimum absolute atomic E-state index is 0.139. The largest absolute Gasteiger partial charge is 0.486 e. The molecule has 0 radical (unpaired) electrons. The van der Waals surface area contributed by atoms with Crippen LogP contribution in [0.4, 0.5) is 10.6 Å². The van der Waals surface area contributed by atoms with E-state index in [0.717, 1.165) is 22.9 Å². The van der Waals surface area contributed by atoms with E-state index in [1.54, 1.807) is 6.20 Å². The number of carbonyl (C=O) groups excluding carboxylic acids is 1. The Bertz CT molecular complexity index is 709. The lowest BCUT2D eigenvalue weighted by Crippen LogP contribution is -2.39. The zero-order valence-electron chi connectivity index (χ0n) is 14.1. The number of pyridine rings is 1. The Kier molecular flexibility index (Phi) is 5.56. The number of carbonyl (C=O) groups is 1. The summed E-state index contributed by atoms with van der Waals surface area (Å²) in [6, 6.07) is 11.0. The van der Waals surface area contributed by atoms with Gasteiger partial charge in [0.1, 0.15) is 19.0 Å². The first-order chi connectivity index (χ1) is 12.2. The molecule has 0 aliphatic carbocycles. The van der Waals surface area contributed by atoms with E-state index < -0.39 is 0 Å². The molecule has 25 heavy (non-hydrogen) atoms. The molecule has 1 aliphatic rings. The molecule has 2 aromatic rings. The first kappa shape index (κ1) is 16.9. The average Bonchev–Trinajstić information content (AvgIpc) is 2.65. The number of urea groups is 1. The van der Waals surface area contributed by atoms with Crippen molar-refractivity contribution in [3.63, 3.8) is 0 Å². The van der Waals surface area contributed by atoms with Crippen molar-refractivity contribution in [2.24, 2.45) is 0 Å². The molecule has 3 N–H and O–H groups in total. The Morgan fingerprint density at radius 3 is 2.80 bits per heavy atom. The third-order valence-electron chi connectivity index (χ3n) is 3.80. The molecule has 3 rings (SSSR count). The van der Waals surface area contributed by atoms with E-state index in [2.05, 4.69) is 20.9 Å². The van der Waals surface area contributed by atoms with E-state index in [9.17, 15) is 4.79 Å². The molecular weight excluding hydrogens is 320 g/mol. The molecule has 2 amide bonds. The number of nitrogens with one attached hydrogen (secondary N) is 3. The van der Waals surface area contributed by atoms with Gasteiger partial charge in [0.15, 0.2) is 11.5 Å². The number of hydrogen-bond donors (Lipinski definition) is 3. The van der Waals surface area contributed by atoms with Gasteiger partial charge in [-0.05, 0) is 36.8 Å². The molecule has 1 aromatic heterocycles. The van der Waals surface area contributed by atoms with Crippen molar-refractivity contribution < 1.29 is 14.3 Å². The smallest absolute Gasteiger partial charge is 0.315 e. The number of hydrogen-bond acceptors (Lipinski definition) is 5. The summed E-state index contributed by atoms with van der Waals surface area (Å²) in [7, 11) is 0. The van der Waals surface area contributed by atoms with Crippen molar-refractivity contribution in [3.8, 4) is 11.5 Å². The van der Waals surface area contributed by atoms with Crippen LogP contribution in [0.3, 0.4) is 0 Å². The van der Waals surface area contributed by atoms with Crippen LogP contribution in [0.5, 0.6) is 11.5 Å². The predicted octanol–water partition coefficient (Wildman–Crippen LogP) is 2.33. The van der Waals surface area contributed by atoms with Crippen molar-refractivity contribution in [2.75, 3.05) is 31.6 Å². The van der Waals surface area contributed by atoms with Crippen LogP contribution in [0.25, 0.3) is 0 Å². The summed E-state index contributed by atoms with van der Waals surface area (Å²) < 4.78 is 11.1. The molecule has 132 valence electrons. The highest BCUT2D eigenvalue weighted by Gasteiger charge is 2.15. The maximum atomic E-state index is 12.0. The number of fused-ring (bicyclic) bond motifs is 1. The van der Waals surface area contributed by atoms with Crippen LogP contribution < -0.4 is 25.4 Å². The van der Waals surface area contributed by atoms with Crippen LogP contribution in [-0.2, 0) is 0 Å². The van der Waals surface area contributed by atoms with Gasteiger partial charge in [-0.3, -0.25) is 0 Å². The van der Waals surface area contributed by atoms with Crippen LogP contribution in [0, 0.1) is 0 Å². The van der Waals surface area contributed by atoms with Crippen molar-refractivity contribution in [2.45, 2.75) is 13.0 Å². The van der Waals surface area contributed by atoms with Crippen LogP contribution in [-0.4, -0.2) is 37.3 Å². The summed E-state index contributed by atoms with van der Waals surface area (Å²) in [5.41, 5.74) is 0.964. The van der Waals surface area contributed by atoms with E-state index in [-0.39, 0.29) is 12.1 Å². The fourth-order valence-corrected chi connectivity index (χ4v) is 2.49. The van der Waals surface area contributed by atoms with Gasteiger partial charge in [-0.15, -0.1) is 0 Å². The van der Waals surface area contributed by atoms with E-state index in [0.29, 0.717) is 26.3 Å². The van der Waals surface area contributed by atoms with Crippen molar-refractivity contribution in [1.82, 2.24) is 15.6 Å². The number of nitrogens with zero attached hydrogens (tertiary/aromatic N) is 1. The molecule has 7 heteroatoms. The molecule has 0 fully saturated rings. The number of rotatable bonds is 6. The van der Waals surface area contributed by atoms with Gasteiger partial charge in [-0.2, -0.15) is 0 Å². The number of amides is 2. The van der Waals surface area contributed by atoms with Crippen LogP contribution >= 0.6 is 0 Å². The summed E-state index contributed by atoms with van der Waals surface area (Å²) in [6.07, 6.45) is 1.72. The normalized spacial score (nSPS) is 13.6. The summed E-state index contributed by atoms with van der Waals surface area (Å²) in [4.78, 5) is 16.2. The Balaban J connectivity index is 1.43. The highest BCUT2D eigenvalue weighted by molar-refractivity contribution is 5.74. The third-order valence-corrected chi connectivity index (χ3v) is 3.80. The highest BCUT2D eigenvalue weighted by atomic mass is 16.6. The second-order valence-electron chi connectivity index (χ2n) is 5.67. The Labute approximate surface area is 146 Å². The van der Waals surface area contributed by atoms with Gasteiger partial charge < -0.3 is 25.4 Å². The second kappa shape index (κ2) is 8.23. The number of benzene rings is 1. The van der Waals surface area contributed by atoms with Crippen LogP contribution in [0.2, 0.25) is 0 Å². The SMILES string of the molecule is CC(NC(=O)NCCNc1ccccn1)c1ccc2c(c1)OCCO2. The molecule has 0 bridgehead atoms. The lowest BCUT2D eigenvalue weighted by molar-refractivity contribution is 0.171. The fourth-order valence-electron chi connectivity index (χ4n) is 2.49. The second-order valence-corrected chi connectivity index (χ2v) is 5.67. The van der Waals surface area contributed by atoms with Crippen molar-refractivity contribution in [3.05, 3.63) is 48.2 Å². The first-order valence-electron chi connectivity index (χ1n) is 8.31. The average molecular weight is 342 g/mol. The summed E-state index contributed by atoms with van der Waals surface area (Å²) in [5.74, 6) is 2.25. The van der Waals surface area contributed by atoms with Gasteiger partial charge in [0.2, 0.25) is 0 Å². The predicted molar refractivity (Wildman–Crippen MR) is 95.1 cm³/mol. The zero-order valence-corrected chi connectivity index (χ0v) is 14.1. The Morgan fingerprint density at radius 1 is 1.16 bits per heavy atom. The molecule has 2 heterocycles. The molecule has 0 saturated heterocycles. The number of aromatic nitrogens is 1. The number of ether oxygens (including phenoxy) is 2. The summed E-state index contributed by atoms with van der Waals surface area (Å²) >= 11 is 0. The van der Waals surface area contributed by atoms with Gasteiger partial charge in [0.25, 0.3) is 0 Å².